The van der Waals surface area contributed by atoms with Crippen LogP contribution in [-0.4, -0.2) is 10.1 Å². The summed E-state index contributed by atoms with van der Waals surface area (Å²) in [6.45, 7) is 0. The molecule has 0 bridgehead atoms. The summed E-state index contributed by atoms with van der Waals surface area (Å²) in [5.74, 6) is 1.21. The third-order valence-corrected chi connectivity index (χ3v) is 4.82. The third-order valence-electron chi connectivity index (χ3n) is 3.14. The largest absolute Gasteiger partial charge is 0.337 e. The summed E-state index contributed by atoms with van der Waals surface area (Å²) < 4.78 is 6.35. The van der Waals surface area contributed by atoms with Gasteiger partial charge >= 0.3 is 0 Å². The molecule has 4 nitrogen and oxygen atoms in total. The topological polar surface area (TPSA) is 64.9 Å². The van der Waals surface area contributed by atoms with E-state index in [0.29, 0.717) is 11.7 Å². The normalized spacial score (nSPS) is 17.7. The van der Waals surface area contributed by atoms with Crippen LogP contribution in [0.2, 0.25) is 0 Å². The zero-order valence-corrected chi connectivity index (χ0v) is 12.8. The van der Waals surface area contributed by atoms with Crippen LogP contribution in [0.1, 0.15) is 31.6 Å². The molecular weight excluding hydrogens is 338 g/mol. The Morgan fingerprint density at radius 2 is 2.11 bits per heavy atom. The Labute approximate surface area is 123 Å². The lowest BCUT2D eigenvalue weighted by atomic mass is 9.99. The van der Waals surface area contributed by atoms with Crippen LogP contribution >= 0.6 is 39.7 Å². The Kier molecular flexibility index (Phi) is 4.11. The average Bonchev–Trinajstić information content (AvgIpc) is 2.96. The van der Waals surface area contributed by atoms with Gasteiger partial charge < -0.3 is 10.3 Å². The van der Waals surface area contributed by atoms with E-state index in [9.17, 15) is 0 Å². The van der Waals surface area contributed by atoms with Crippen molar-refractivity contribution in [1.82, 2.24) is 10.1 Å². The molecular formula is C11H13BrClN3OS. The van der Waals surface area contributed by atoms with Crippen LogP contribution in [-0.2, 0) is 5.54 Å². The lowest BCUT2D eigenvalue weighted by molar-refractivity contribution is 0.285. The van der Waals surface area contributed by atoms with Gasteiger partial charge in [0.15, 0.2) is 0 Å². The molecule has 98 valence electrons. The summed E-state index contributed by atoms with van der Waals surface area (Å²) in [6, 6.07) is 1.98. The van der Waals surface area contributed by atoms with Gasteiger partial charge in [-0.25, -0.2) is 0 Å². The van der Waals surface area contributed by atoms with Crippen LogP contribution in [0.25, 0.3) is 10.7 Å². The molecule has 18 heavy (non-hydrogen) atoms. The van der Waals surface area contributed by atoms with Crippen molar-refractivity contribution in [2.45, 2.75) is 31.2 Å². The van der Waals surface area contributed by atoms with Crippen molar-refractivity contribution in [1.29, 1.82) is 0 Å². The fourth-order valence-electron chi connectivity index (χ4n) is 2.18. The molecule has 2 heterocycles. The van der Waals surface area contributed by atoms with E-state index in [-0.39, 0.29) is 12.4 Å². The number of nitrogens with zero attached hydrogens (tertiary/aromatic N) is 2. The molecule has 1 aliphatic rings. The lowest BCUT2D eigenvalue weighted by Crippen LogP contribution is -2.33. The van der Waals surface area contributed by atoms with Gasteiger partial charge in [0, 0.05) is 9.85 Å². The fraction of sp³-hybridized carbons (Fsp3) is 0.455. The van der Waals surface area contributed by atoms with Gasteiger partial charge in [0.25, 0.3) is 0 Å². The van der Waals surface area contributed by atoms with Gasteiger partial charge in [0.05, 0.1) is 10.4 Å². The average molecular weight is 351 g/mol. The van der Waals surface area contributed by atoms with Gasteiger partial charge in [-0.05, 0) is 34.8 Å². The van der Waals surface area contributed by atoms with E-state index < -0.39 is 5.54 Å². The highest BCUT2D eigenvalue weighted by molar-refractivity contribution is 9.10. The summed E-state index contributed by atoms with van der Waals surface area (Å²) in [4.78, 5) is 5.43. The van der Waals surface area contributed by atoms with Crippen LogP contribution in [0.5, 0.6) is 0 Å². The highest BCUT2D eigenvalue weighted by Gasteiger charge is 2.37. The predicted molar refractivity (Wildman–Crippen MR) is 76.9 cm³/mol. The Bertz CT molecular complexity index is 536. The molecule has 2 aromatic heterocycles. The lowest BCUT2D eigenvalue weighted by Gasteiger charge is -2.17. The number of rotatable bonds is 2. The van der Waals surface area contributed by atoms with Gasteiger partial charge in [-0.2, -0.15) is 4.98 Å². The van der Waals surface area contributed by atoms with Crippen molar-refractivity contribution in [2.24, 2.45) is 5.73 Å². The first kappa shape index (κ1) is 14.0. The van der Waals surface area contributed by atoms with E-state index in [1.807, 2.05) is 11.4 Å². The standard InChI is InChI=1S/C11H12BrN3OS.ClH/c12-7-5-8(17-6-7)9-14-10(16-15-9)11(13)3-1-2-4-11;/h5-6H,1-4,13H2;1H. The number of hydrogen-bond acceptors (Lipinski definition) is 5. The first-order chi connectivity index (χ1) is 8.17. The molecule has 2 aromatic rings. The number of hydrogen-bond donors (Lipinski definition) is 1. The van der Waals surface area contributed by atoms with Crippen LogP contribution in [0.4, 0.5) is 0 Å². The van der Waals surface area contributed by atoms with E-state index in [4.69, 9.17) is 10.3 Å². The summed E-state index contributed by atoms with van der Waals surface area (Å²) in [6.07, 6.45) is 4.14. The molecule has 7 heteroatoms. The number of thiophene rings is 1. The minimum absolute atomic E-state index is 0. The van der Waals surface area contributed by atoms with Gasteiger partial charge in [-0.15, -0.1) is 23.7 Å². The molecule has 0 unspecified atom stereocenters. The van der Waals surface area contributed by atoms with E-state index >= 15 is 0 Å². The molecule has 0 amide bonds. The van der Waals surface area contributed by atoms with Crippen molar-refractivity contribution < 1.29 is 4.52 Å². The first-order valence-electron chi connectivity index (χ1n) is 5.55. The number of halogens is 2. The second kappa shape index (κ2) is 5.28. The Morgan fingerprint density at radius 1 is 1.39 bits per heavy atom. The highest BCUT2D eigenvalue weighted by Crippen LogP contribution is 2.36. The molecule has 3 rings (SSSR count). The maximum absolute atomic E-state index is 6.27. The Morgan fingerprint density at radius 3 is 2.72 bits per heavy atom. The van der Waals surface area contributed by atoms with E-state index in [1.165, 1.54) is 0 Å². The highest BCUT2D eigenvalue weighted by atomic mass is 79.9. The zero-order chi connectivity index (χ0) is 11.9. The van der Waals surface area contributed by atoms with Crippen molar-refractivity contribution in [2.75, 3.05) is 0 Å². The minimum atomic E-state index is -0.403. The van der Waals surface area contributed by atoms with E-state index in [0.717, 1.165) is 35.0 Å². The first-order valence-corrected chi connectivity index (χ1v) is 7.22. The molecule has 1 saturated carbocycles. The van der Waals surface area contributed by atoms with Gasteiger partial charge in [-0.1, -0.05) is 18.0 Å². The quantitative estimate of drug-likeness (QED) is 0.896. The molecule has 0 atom stereocenters. The van der Waals surface area contributed by atoms with Gasteiger partial charge in [-0.3, -0.25) is 0 Å². The molecule has 0 radical (unpaired) electrons. The second-order valence-electron chi connectivity index (χ2n) is 4.42. The molecule has 0 saturated heterocycles. The number of aromatic nitrogens is 2. The van der Waals surface area contributed by atoms with Crippen LogP contribution in [0.3, 0.4) is 0 Å². The summed E-state index contributed by atoms with van der Waals surface area (Å²) in [5.41, 5.74) is 5.87. The van der Waals surface area contributed by atoms with E-state index in [1.54, 1.807) is 11.3 Å². The van der Waals surface area contributed by atoms with Crippen LogP contribution in [0.15, 0.2) is 20.4 Å². The smallest absolute Gasteiger partial charge is 0.247 e. The van der Waals surface area contributed by atoms with E-state index in [2.05, 4.69) is 26.1 Å². The zero-order valence-electron chi connectivity index (χ0n) is 9.56. The third kappa shape index (κ3) is 2.47. The second-order valence-corrected chi connectivity index (χ2v) is 6.24. The fourth-order valence-corrected chi connectivity index (χ4v) is 3.53. The molecule has 1 fully saturated rings. The van der Waals surface area contributed by atoms with Crippen molar-refractivity contribution in [3.63, 3.8) is 0 Å². The summed E-state index contributed by atoms with van der Waals surface area (Å²) in [5, 5.41) is 6.01. The summed E-state index contributed by atoms with van der Waals surface area (Å²) in [7, 11) is 0. The molecule has 0 aliphatic heterocycles. The minimum Gasteiger partial charge on any atom is -0.337 e. The molecule has 0 aromatic carbocycles. The van der Waals surface area contributed by atoms with Crippen molar-refractivity contribution in [3.8, 4) is 10.7 Å². The van der Waals surface area contributed by atoms with Gasteiger partial charge in [0.2, 0.25) is 11.7 Å². The van der Waals surface area contributed by atoms with Crippen LogP contribution < -0.4 is 5.73 Å². The maximum Gasteiger partial charge on any atom is 0.247 e. The van der Waals surface area contributed by atoms with Gasteiger partial charge in [0.1, 0.15) is 0 Å². The number of nitrogens with two attached hydrogens (primary N) is 1. The molecule has 0 spiro atoms. The van der Waals surface area contributed by atoms with Crippen molar-refractivity contribution in [3.05, 3.63) is 21.8 Å². The summed E-state index contributed by atoms with van der Waals surface area (Å²) >= 11 is 5.00. The Balaban J connectivity index is 0.00000120. The van der Waals surface area contributed by atoms with Crippen molar-refractivity contribution >= 4 is 39.7 Å². The monoisotopic (exact) mass is 349 g/mol. The molecule has 2 N–H and O–H groups in total. The Hall–Kier alpha value is -0.430. The predicted octanol–water partition coefficient (Wildman–Crippen LogP) is 3.71. The van der Waals surface area contributed by atoms with Crippen LogP contribution in [0, 0.1) is 0 Å². The SMILES string of the molecule is Cl.NC1(c2nc(-c3cc(Br)cs3)no2)CCCC1. The molecule has 1 aliphatic carbocycles. The maximum atomic E-state index is 6.27.